The fourth-order valence-corrected chi connectivity index (χ4v) is 3.44. The Hall–Kier alpha value is -1.40. The monoisotopic (exact) mass is 391 g/mol. The first-order valence-corrected chi connectivity index (χ1v) is 9.20. The molecule has 25 heavy (non-hydrogen) atoms. The van der Waals surface area contributed by atoms with E-state index in [0.717, 1.165) is 36.4 Å². The summed E-state index contributed by atoms with van der Waals surface area (Å²) in [6.07, 6.45) is 0. The van der Waals surface area contributed by atoms with Gasteiger partial charge in [-0.25, -0.2) is 0 Å². The minimum atomic E-state index is -4.56. The van der Waals surface area contributed by atoms with Gasteiger partial charge in [-0.1, -0.05) is 0 Å². The molecule has 0 bridgehead atoms. The van der Waals surface area contributed by atoms with Gasteiger partial charge in [0.15, 0.2) is 11.6 Å². The Morgan fingerprint density at radius 2 is 0.920 bits per heavy atom. The van der Waals surface area contributed by atoms with Crippen molar-refractivity contribution in [2.24, 2.45) is 0 Å². The maximum absolute atomic E-state index is 12.5. The standard InChI is InChI=1S/C14H8O8S2.Na/c15-13-9-3-1-7(23(17,18)19)5-11(9)14(16)10-4-2-8(6-12(10)13)24(20,21)22;/h1-6H,(H,17,18,19)(H,20,21,22);/q;+1. The average Bonchev–Trinajstić information content (AvgIpc) is 2.49. The number of ketones is 2. The Morgan fingerprint density at radius 3 is 1.20 bits per heavy atom. The molecule has 1 aliphatic carbocycles. The molecule has 0 fully saturated rings. The number of rotatable bonds is 2. The molecule has 0 atom stereocenters. The van der Waals surface area contributed by atoms with Gasteiger partial charge < -0.3 is 0 Å². The van der Waals surface area contributed by atoms with E-state index in [1.54, 1.807) is 0 Å². The summed E-state index contributed by atoms with van der Waals surface area (Å²) in [5, 5.41) is 0. The molecule has 0 unspecified atom stereocenters. The molecule has 0 heterocycles. The van der Waals surface area contributed by atoms with Gasteiger partial charge in [0.25, 0.3) is 20.2 Å². The van der Waals surface area contributed by atoms with E-state index in [2.05, 4.69) is 0 Å². The van der Waals surface area contributed by atoms with Gasteiger partial charge in [0, 0.05) is 22.3 Å². The average molecular weight is 391 g/mol. The largest absolute Gasteiger partial charge is 1.00 e. The van der Waals surface area contributed by atoms with E-state index in [0.29, 0.717) is 0 Å². The number of carbonyl (C=O) groups is 2. The third kappa shape index (κ3) is 3.47. The summed E-state index contributed by atoms with van der Waals surface area (Å²) in [5.74, 6) is -1.40. The molecule has 2 aromatic rings. The number of carbonyl (C=O) groups excluding carboxylic acids is 2. The smallest absolute Gasteiger partial charge is 0.289 e. The topological polar surface area (TPSA) is 143 Å². The molecule has 11 heteroatoms. The Bertz CT molecular complexity index is 1040. The van der Waals surface area contributed by atoms with Crippen LogP contribution >= 0.6 is 0 Å². The Labute approximate surface area is 164 Å². The first-order valence-electron chi connectivity index (χ1n) is 6.32. The molecule has 8 nitrogen and oxygen atoms in total. The summed E-state index contributed by atoms with van der Waals surface area (Å²) < 4.78 is 62.8. The minimum Gasteiger partial charge on any atom is -0.289 e. The van der Waals surface area contributed by atoms with Crippen LogP contribution in [0.4, 0.5) is 0 Å². The fraction of sp³-hybridized carbons (Fsp3) is 0. The number of fused-ring (bicyclic) bond motifs is 2. The number of hydrogen-bond acceptors (Lipinski definition) is 6. The van der Waals surface area contributed by atoms with Crippen LogP contribution in [0.1, 0.15) is 31.8 Å². The quantitative estimate of drug-likeness (QED) is 0.376. The van der Waals surface area contributed by atoms with Crippen molar-refractivity contribution in [1.82, 2.24) is 0 Å². The first kappa shape index (κ1) is 19.9. The Morgan fingerprint density at radius 1 is 0.600 bits per heavy atom. The summed E-state index contributed by atoms with van der Waals surface area (Å²) in [4.78, 5) is 23.8. The van der Waals surface area contributed by atoms with Gasteiger partial charge in [0.2, 0.25) is 0 Å². The molecule has 1 aliphatic rings. The van der Waals surface area contributed by atoms with Gasteiger partial charge in [-0.15, -0.1) is 0 Å². The van der Waals surface area contributed by atoms with Crippen molar-refractivity contribution < 1.29 is 65.1 Å². The maximum atomic E-state index is 12.5. The van der Waals surface area contributed by atoms with E-state index in [4.69, 9.17) is 9.11 Å². The second kappa shape index (κ2) is 6.40. The molecular formula is C14H8NaO8S2+. The predicted molar refractivity (Wildman–Crippen MR) is 79.4 cm³/mol. The Kier molecular flexibility index (Phi) is 5.10. The van der Waals surface area contributed by atoms with E-state index in [1.807, 2.05) is 0 Å². The molecule has 124 valence electrons. The molecule has 2 aromatic carbocycles. The molecule has 0 aliphatic heterocycles. The van der Waals surface area contributed by atoms with Crippen LogP contribution in [0.25, 0.3) is 0 Å². The predicted octanol–water partition coefficient (Wildman–Crippen LogP) is -2.04. The molecule has 0 amide bonds. The van der Waals surface area contributed by atoms with E-state index in [-0.39, 0.29) is 51.8 Å². The zero-order chi connectivity index (χ0) is 17.9. The van der Waals surface area contributed by atoms with E-state index < -0.39 is 41.6 Å². The minimum absolute atomic E-state index is 0. The van der Waals surface area contributed by atoms with Crippen molar-refractivity contribution in [3.63, 3.8) is 0 Å². The third-order valence-corrected chi connectivity index (χ3v) is 5.26. The van der Waals surface area contributed by atoms with Crippen LogP contribution in [0.15, 0.2) is 46.2 Å². The van der Waals surface area contributed by atoms with Gasteiger partial charge in [-0.2, -0.15) is 16.8 Å². The third-order valence-electron chi connectivity index (χ3n) is 3.56. The van der Waals surface area contributed by atoms with Gasteiger partial charge in [-0.3, -0.25) is 18.7 Å². The molecule has 2 N–H and O–H groups in total. The first-order chi connectivity index (χ1) is 11.0. The van der Waals surface area contributed by atoms with Crippen molar-refractivity contribution in [1.29, 1.82) is 0 Å². The summed E-state index contributed by atoms with van der Waals surface area (Å²) in [5.41, 5.74) is -0.704. The van der Waals surface area contributed by atoms with Crippen LogP contribution < -0.4 is 29.6 Å². The second-order valence-corrected chi connectivity index (χ2v) is 7.87. The molecule has 0 radical (unpaired) electrons. The van der Waals surface area contributed by atoms with Gasteiger partial charge in [0.1, 0.15) is 0 Å². The van der Waals surface area contributed by atoms with Crippen LogP contribution in [0.2, 0.25) is 0 Å². The van der Waals surface area contributed by atoms with Crippen molar-refractivity contribution in [3.05, 3.63) is 58.7 Å². The van der Waals surface area contributed by atoms with Crippen LogP contribution in [-0.2, 0) is 20.2 Å². The molecule has 0 spiro atoms. The zero-order valence-electron chi connectivity index (χ0n) is 12.6. The van der Waals surface area contributed by atoms with E-state index in [9.17, 15) is 26.4 Å². The van der Waals surface area contributed by atoms with Crippen molar-refractivity contribution in [2.75, 3.05) is 0 Å². The summed E-state index contributed by atoms with van der Waals surface area (Å²) >= 11 is 0. The zero-order valence-corrected chi connectivity index (χ0v) is 16.3. The van der Waals surface area contributed by atoms with Gasteiger partial charge >= 0.3 is 29.6 Å². The van der Waals surface area contributed by atoms with Crippen LogP contribution in [0, 0.1) is 0 Å². The van der Waals surface area contributed by atoms with Crippen molar-refractivity contribution in [2.45, 2.75) is 9.79 Å². The summed E-state index contributed by atoms with van der Waals surface area (Å²) in [6, 6.07) is 5.78. The maximum Gasteiger partial charge on any atom is 1.00 e. The molecule has 0 aromatic heterocycles. The molecular weight excluding hydrogens is 383 g/mol. The van der Waals surface area contributed by atoms with Crippen LogP contribution in [0.3, 0.4) is 0 Å². The normalized spacial score (nSPS) is 13.7. The summed E-state index contributed by atoms with van der Waals surface area (Å²) in [6.45, 7) is 0. The van der Waals surface area contributed by atoms with Crippen LogP contribution in [-0.4, -0.2) is 37.5 Å². The van der Waals surface area contributed by atoms with E-state index in [1.165, 1.54) is 0 Å². The molecule has 3 rings (SSSR count). The van der Waals surface area contributed by atoms with E-state index >= 15 is 0 Å². The second-order valence-electron chi connectivity index (χ2n) is 5.02. The van der Waals surface area contributed by atoms with Crippen LogP contribution in [0.5, 0.6) is 0 Å². The van der Waals surface area contributed by atoms with Gasteiger partial charge in [0.05, 0.1) is 9.79 Å². The number of hydrogen-bond donors (Lipinski definition) is 2. The fourth-order valence-electron chi connectivity index (χ4n) is 2.43. The van der Waals surface area contributed by atoms with Crippen molar-refractivity contribution >= 4 is 31.8 Å². The molecule has 0 saturated heterocycles. The van der Waals surface area contributed by atoms with Crippen molar-refractivity contribution in [3.8, 4) is 0 Å². The Balaban J connectivity index is 0.00000225. The SMILES string of the molecule is O=C1c2ccc(S(=O)(=O)O)cc2C(=O)c2ccc(S(=O)(=O)O)cc21.[Na+]. The molecule has 0 saturated carbocycles. The summed E-state index contributed by atoms with van der Waals surface area (Å²) in [7, 11) is -9.11. The van der Waals surface area contributed by atoms with Gasteiger partial charge in [-0.05, 0) is 36.4 Å². The number of benzene rings is 2.